The van der Waals surface area contributed by atoms with Gasteiger partial charge in [-0.25, -0.2) is 4.79 Å². The van der Waals surface area contributed by atoms with E-state index in [9.17, 15) is 14.4 Å². The molecular weight excluding hydrogens is 328 g/mol. The van der Waals surface area contributed by atoms with Crippen LogP contribution in [0.25, 0.3) is 0 Å². The van der Waals surface area contributed by atoms with Crippen molar-refractivity contribution in [2.45, 2.75) is 31.8 Å². The molecule has 1 rings (SSSR count). The average Bonchev–Trinajstić information content (AvgIpc) is 2.90. The van der Waals surface area contributed by atoms with Crippen LogP contribution in [0.2, 0.25) is 0 Å². The Kier molecular flexibility index (Phi) is 6.61. The van der Waals surface area contributed by atoms with Gasteiger partial charge in [-0.1, -0.05) is 22.9 Å². The van der Waals surface area contributed by atoms with E-state index >= 15 is 0 Å². The molecule has 1 amide bonds. The summed E-state index contributed by atoms with van der Waals surface area (Å²) in [7, 11) is 1.46. The number of amides is 1. The highest BCUT2D eigenvalue weighted by molar-refractivity contribution is 9.09. The number of halogens is 1. The van der Waals surface area contributed by atoms with E-state index in [1.807, 2.05) is 4.90 Å². The molecule has 0 bridgehead atoms. The van der Waals surface area contributed by atoms with Crippen LogP contribution in [0.5, 0.6) is 0 Å². The molecule has 20 heavy (non-hydrogen) atoms. The molecule has 1 fully saturated rings. The highest BCUT2D eigenvalue weighted by atomic mass is 79.9. The molecule has 6 nitrogen and oxygen atoms in total. The number of alkyl halides is 1. The van der Waals surface area contributed by atoms with Crippen molar-refractivity contribution in [1.29, 1.82) is 0 Å². The van der Waals surface area contributed by atoms with E-state index in [-0.39, 0.29) is 11.8 Å². The molecule has 0 aliphatic carbocycles. The Hall–Kier alpha value is -0.950. The molecule has 3 atom stereocenters. The van der Waals surface area contributed by atoms with E-state index in [4.69, 9.17) is 5.11 Å². The average molecular weight is 349 g/mol. The smallest absolute Gasteiger partial charge is 0.407 e. The number of likely N-dealkylation sites (tertiary alicyclic amines) is 1. The van der Waals surface area contributed by atoms with Crippen LogP contribution in [0.15, 0.2) is 0 Å². The van der Waals surface area contributed by atoms with Gasteiger partial charge in [-0.3, -0.25) is 9.69 Å². The first-order valence-electron chi connectivity index (χ1n) is 6.66. The SMILES string of the molecule is C[C@H](C=O)C(CN1CCC[C@H]1C(=O)CBr)N(C)C(=O)O. The minimum absolute atomic E-state index is 0.109. The van der Waals surface area contributed by atoms with Gasteiger partial charge in [-0.05, 0) is 19.4 Å². The van der Waals surface area contributed by atoms with Crippen LogP contribution >= 0.6 is 15.9 Å². The molecule has 1 saturated heterocycles. The third-order valence-electron chi connectivity index (χ3n) is 3.91. The number of carbonyl (C=O) groups excluding carboxylic acids is 2. The van der Waals surface area contributed by atoms with Crippen molar-refractivity contribution < 1.29 is 19.5 Å². The van der Waals surface area contributed by atoms with Gasteiger partial charge >= 0.3 is 6.09 Å². The number of carboxylic acid groups (broad SMARTS) is 1. The second-order valence-electron chi connectivity index (χ2n) is 5.21. The summed E-state index contributed by atoms with van der Waals surface area (Å²) in [5.74, 6) is -0.297. The zero-order chi connectivity index (χ0) is 15.3. The van der Waals surface area contributed by atoms with Crippen molar-refractivity contribution in [3.8, 4) is 0 Å². The molecular formula is C13H21BrN2O4. The van der Waals surface area contributed by atoms with Crippen molar-refractivity contribution in [1.82, 2.24) is 9.80 Å². The molecule has 1 N–H and O–H groups in total. The van der Waals surface area contributed by atoms with E-state index in [2.05, 4.69) is 15.9 Å². The Morgan fingerprint density at radius 3 is 2.70 bits per heavy atom. The fraction of sp³-hybridized carbons (Fsp3) is 0.769. The topological polar surface area (TPSA) is 77.9 Å². The summed E-state index contributed by atoms with van der Waals surface area (Å²) in [5.41, 5.74) is 0. The molecule has 0 radical (unpaired) electrons. The second kappa shape index (κ2) is 7.73. The van der Waals surface area contributed by atoms with E-state index in [1.54, 1.807) is 6.92 Å². The molecule has 1 aliphatic rings. The lowest BCUT2D eigenvalue weighted by atomic mass is 10.0. The first kappa shape index (κ1) is 17.1. The second-order valence-corrected chi connectivity index (χ2v) is 5.77. The lowest BCUT2D eigenvalue weighted by Gasteiger charge is -2.34. The summed E-state index contributed by atoms with van der Waals surface area (Å²) in [6.45, 7) is 2.87. The molecule has 7 heteroatoms. The molecule has 114 valence electrons. The third kappa shape index (κ3) is 4.02. The van der Waals surface area contributed by atoms with Gasteiger partial charge in [-0.15, -0.1) is 0 Å². The number of rotatable bonds is 7. The summed E-state index contributed by atoms with van der Waals surface area (Å²) in [6, 6.07) is -0.605. The summed E-state index contributed by atoms with van der Waals surface area (Å²) < 4.78 is 0. The summed E-state index contributed by atoms with van der Waals surface area (Å²) >= 11 is 3.18. The van der Waals surface area contributed by atoms with Crippen LogP contribution in [0, 0.1) is 5.92 Å². The lowest BCUT2D eigenvalue weighted by Crippen LogP contribution is -2.50. The lowest BCUT2D eigenvalue weighted by molar-refractivity contribution is -0.121. The highest BCUT2D eigenvalue weighted by Crippen LogP contribution is 2.21. The van der Waals surface area contributed by atoms with Crippen molar-refractivity contribution in [2.24, 2.45) is 5.92 Å². The van der Waals surface area contributed by atoms with Gasteiger partial charge in [0.15, 0.2) is 5.78 Å². The molecule has 0 aromatic carbocycles. The number of aldehydes is 1. The van der Waals surface area contributed by atoms with Gasteiger partial charge in [-0.2, -0.15) is 0 Å². The van der Waals surface area contributed by atoms with Crippen molar-refractivity contribution in [2.75, 3.05) is 25.5 Å². The largest absolute Gasteiger partial charge is 0.465 e. The van der Waals surface area contributed by atoms with E-state index < -0.39 is 18.1 Å². The van der Waals surface area contributed by atoms with Gasteiger partial charge < -0.3 is 14.8 Å². The minimum Gasteiger partial charge on any atom is -0.465 e. The van der Waals surface area contributed by atoms with Crippen LogP contribution < -0.4 is 0 Å². The number of nitrogens with zero attached hydrogens (tertiary/aromatic N) is 2. The fourth-order valence-electron chi connectivity index (χ4n) is 2.61. The van der Waals surface area contributed by atoms with Gasteiger partial charge in [0.05, 0.1) is 17.4 Å². The monoisotopic (exact) mass is 348 g/mol. The third-order valence-corrected chi connectivity index (χ3v) is 4.46. The van der Waals surface area contributed by atoms with Gasteiger partial charge in [0, 0.05) is 19.5 Å². The first-order chi connectivity index (χ1) is 9.42. The Bertz CT molecular complexity index is 377. The van der Waals surface area contributed by atoms with E-state index in [0.29, 0.717) is 11.9 Å². The van der Waals surface area contributed by atoms with E-state index in [1.165, 1.54) is 7.05 Å². The molecule has 0 spiro atoms. The maximum absolute atomic E-state index is 11.9. The fourth-order valence-corrected chi connectivity index (χ4v) is 2.99. The standard InChI is InChI=1S/C13H21BrN2O4/c1-9(8-17)11(15(2)13(19)20)7-16-5-3-4-10(16)12(18)6-14/h8-11H,3-7H2,1-2H3,(H,19,20)/t9-,10+,11?/m1/s1. The Morgan fingerprint density at radius 2 is 2.20 bits per heavy atom. The van der Waals surface area contributed by atoms with Crippen LogP contribution in [-0.4, -0.2) is 70.6 Å². The van der Waals surface area contributed by atoms with Crippen LogP contribution in [0.1, 0.15) is 19.8 Å². The Balaban J connectivity index is 2.81. The van der Waals surface area contributed by atoms with E-state index in [0.717, 1.165) is 30.6 Å². The van der Waals surface area contributed by atoms with Crippen molar-refractivity contribution in [3.63, 3.8) is 0 Å². The van der Waals surface area contributed by atoms with Crippen molar-refractivity contribution in [3.05, 3.63) is 0 Å². The number of Topliss-reactive ketones (excluding diaryl/α,β-unsaturated/α-hetero) is 1. The van der Waals surface area contributed by atoms with Gasteiger partial charge in [0.25, 0.3) is 0 Å². The normalized spacial score (nSPS) is 22.2. The zero-order valence-electron chi connectivity index (χ0n) is 11.8. The first-order valence-corrected chi connectivity index (χ1v) is 7.78. The Morgan fingerprint density at radius 1 is 1.55 bits per heavy atom. The maximum atomic E-state index is 11.9. The van der Waals surface area contributed by atoms with Crippen molar-refractivity contribution >= 4 is 34.1 Å². The minimum atomic E-state index is -1.06. The molecule has 1 unspecified atom stereocenters. The predicted octanol–water partition coefficient (Wildman–Crippen LogP) is 1.23. The Labute approximate surface area is 127 Å². The summed E-state index contributed by atoms with van der Waals surface area (Å²) in [5, 5.41) is 9.41. The number of hydrogen-bond donors (Lipinski definition) is 1. The maximum Gasteiger partial charge on any atom is 0.407 e. The molecule has 1 heterocycles. The molecule has 0 aromatic rings. The number of carbonyl (C=O) groups is 3. The number of ketones is 1. The molecule has 1 aliphatic heterocycles. The van der Waals surface area contributed by atoms with Crippen LogP contribution in [0.3, 0.4) is 0 Å². The van der Waals surface area contributed by atoms with Crippen LogP contribution in [-0.2, 0) is 9.59 Å². The van der Waals surface area contributed by atoms with Gasteiger partial charge in [0.1, 0.15) is 6.29 Å². The van der Waals surface area contributed by atoms with Crippen LogP contribution in [0.4, 0.5) is 4.79 Å². The van der Waals surface area contributed by atoms with Gasteiger partial charge in [0.2, 0.25) is 0 Å². The molecule has 0 aromatic heterocycles. The number of hydrogen-bond acceptors (Lipinski definition) is 4. The number of likely N-dealkylation sites (N-methyl/N-ethyl adjacent to an activating group) is 1. The zero-order valence-corrected chi connectivity index (χ0v) is 13.4. The molecule has 0 saturated carbocycles. The quantitative estimate of drug-likeness (QED) is 0.553. The predicted molar refractivity (Wildman–Crippen MR) is 78.2 cm³/mol. The summed E-state index contributed by atoms with van der Waals surface area (Å²) in [6.07, 6.45) is 1.42. The highest BCUT2D eigenvalue weighted by Gasteiger charge is 2.34. The summed E-state index contributed by atoms with van der Waals surface area (Å²) in [4.78, 5) is 37.1.